The van der Waals surface area contributed by atoms with E-state index in [1.807, 2.05) is 30.9 Å². The lowest BCUT2D eigenvalue weighted by atomic mass is 9.98. The van der Waals surface area contributed by atoms with Gasteiger partial charge in [-0.1, -0.05) is 0 Å². The molecule has 1 atom stereocenters. The minimum absolute atomic E-state index is 0.0457. The molecule has 1 fully saturated rings. The molecule has 1 aliphatic rings. The first kappa shape index (κ1) is 15.4. The summed E-state index contributed by atoms with van der Waals surface area (Å²) in [6.07, 6.45) is 0.930. The van der Waals surface area contributed by atoms with Crippen molar-refractivity contribution in [3.05, 3.63) is 0 Å². The molecule has 1 rings (SSSR count). The molecule has 18 heavy (non-hydrogen) atoms. The summed E-state index contributed by atoms with van der Waals surface area (Å²) in [4.78, 5) is 18.5. The minimum atomic E-state index is -0.395. The zero-order chi connectivity index (χ0) is 13.9. The fourth-order valence-electron chi connectivity index (χ4n) is 2.34. The summed E-state index contributed by atoms with van der Waals surface area (Å²) in [6, 6.07) is -0.395. The molecule has 106 valence electrons. The fraction of sp³-hybridized carbons (Fsp3) is 0.923. The van der Waals surface area contributed by atoms with Gasteiger partial charge in [0.1, 0.15) is 6.04 Å². The highest BCUT2D eigenvalue weighted by Crippen LogP contribution is 2.24. The van der Waals surface area contributed by atoms with Gasteiger partial charge in [0.15, 0.2) is 0 Å². The topological polar surface area (TPSA) is 47.0 Å². The summed E-state index contributed by atoms with van der Waals surface area (Å²) in [5.74, 6) is 0.0457. The van der Waals surface area contributed by atoms with Crippen molar-refractivity contribution in [3.8, 4) is 0 Å². The first-order valence-electron chi connectivity index (χ1n) is 6.57. The van der Waals surface area contributed by atoms with Crippen LogP contribution in [-0.2, 0) is 4.79 Å². The number of amides is 1. The molecule has 0 aromatic rings. The summed E-state index contributed by atoms with van der Waals surface area (Å²) >= 11 is 0. The highest BCUT2D eigenvalue weighted by molar-refractivity contribution is 5.83. The van der Waals surface area contributed by atoms with Crippen LogP contribution in [0, 0.1) is 0 Å². The molecule has 1 saturated heterocycles. The van der Waals surface area contributed by atoms with Crippen LogP contribution < -0.4 is 0 Å². The zero-order valence-electron chi connectivity index (χ0n) is 12.3. The summed E-state index contributed by atoms with van der Waals surface area (Å²) in [6.45, 7) is 6.49. The maximum atomic E-state index is 12.5. The van der Waals surface area contributed by atoms with Gasteiger partial charge in [-0.3, -0.25) is 9.69 Å². The Morgan fingerprint density at radius 2 is 2.06 bits per heavy atom. The predicted molar refractivity (Wildman–Crippen MR) is 72.5 cm³/mol. The lowest BCUT2D eigenvalue weighted by molar-refractivity contribution is -0.140. The highest BCUT2D eigenvalue weighted by Gasteiger charge is 2.39. The van der Waals surface area contributed by atoms with Gasteiger partial charge in [0.2, 0.25) is 5.91 Å². The van der Waals surface area contributed by atoms with E-state index < -0.39 is 6.04 Å². The van der Waals surface area contributed by atoms with Gasteiger partial charge in [0.05, 0.1) is 6.61 Å². The Morgan fingerprint density at radius 3 is 2.56 bits per heavy atom. The van der Waals surface area contributed by atoms with Crippen LogP contribution in [0.5, 0.6) is 0 Å². The Hall–Kier alpha value is -0.650. The number of aliphatic hydroxyl groups is 1. The van der Waals surface area contributed by atoms with Crippen molar-refractivity contribution in [3.63, 3.8) is 0 Å². The zero-order valence-corrected chi connectivity index (χ0v) is 12.3. The van der Waals surface area contributed by atoms with E-state index in [0.29, 0.717) is 6.54 Å². The van der Waals surface area contributed by atoms with E-state index in [0.717, 1.165) is 19.5 Å². The summed E-state index contributed by atoms with van der Waals surface area (Å²) in [5.41, 5.74) is -0.148. The lowest BCUT2D eigenvalue weighted by Gasteiger charge is -2.38. The van der Waals surface area contributed by atoms with Crippen molar-refractivity contribution < 1.29 is 9.90 Å². The number of hydrogen-bond donors (Lipinski definition) is 1. The van der Waals surface area contributed by atoms with Crippen molar-refractivity contribution in [2.24, 2.45) is 0 Å². The molecule has 1 N–H and O–H groups in total. The smallest absolute Gasteiger partial charge is 0.242 e. The van der Waals surface area contributed by atoms with Crippen LogP contribution >= 0.6 is 0 Å². The monoisotopic (exact) mass is 257 g/mol. The molecule has 0 aromatic carbocycles. The molecule has 1 heterocycles. The van der Waals surface area contributed by atoms with E-state index in [9.17, 15) is 9.90 Å². The van der Waals surface area contributed by atoms with Crippen molar-refractivity contribution in [1.29, 1.82) is 0 Å². The molecule has 5 heteroatoms. The minimum Gasteiger partial charge on any atom is -0.394 e. The molecular weight excluding hydrogens is 230 g/mol. The van der Waals surface area contributed by atoms with Gasteiger partial charge in [-0.2, -0.15) is 0 Å². The predicted octanol–water partition coefficient (Wildman–Crippen LogP) is -0.148. The standard InChI is InChI=1S/C13H27N3O2/c1-13(2)6-7-15(5)11(10-17)12(18)16(13)9-8-14(3)4/h11,17H,6-10H2,1-5H3. The number of nitrogens with zero attached hydrogens (tertiary/aromatic N) is 3. The molecule has 0 spiro atoms. The first-order chi connectivity index (χ1) is 8.29. The Labute approximate surface area is 110 Å². The Balaban J connectivity index is 2.88. The van der Waals surface area contributed by atoms with E-state index in [-0.39, 0.29) is 18.1 Å². The van der Waals surface area contributed by atoms with E-state index in [1.165, 1.54) is 0 Å². The van der Waals surface area contributed by atoms with E-state index in [1.54, 1.807) is 0 Å². The average Bonchev–Trinajstić information content (AvgIpc) is 2.33. The Bertz CT molecular complexity index is 292. The molecular formula is C13H27N3O2. The second-order valence-corrected chi connectivity index (χ2v) is 6.03. The normalized spacial score (nSPS) is 25.6. The van der Waals surface area contributed by atoms with Crippen molar-refractivity contribution in [2.45, 2.75) is 31.8 Å². The molecule has 0 radical (unpaired) electrons. The molecule has 0 saturated carbocycles. The fourth-order valence-corrected chi connectivity index (χ4v) is 2.34. The summed E-state index contributed by atoms with van der Waals surface area (Å²) in [5, 5.41) is 9.42. The van der Waals surface area contributed by atoms with E-state index in [4.69, 9.17) is 0 Å². The maximum Gasteiger partial charge on any atom is 0.242 e. The van der Waals surface area contributed by atoms with Gasteiger partial charge < -0.3 is 14.9 Å². The average molecular weight is 257 g/mol. The summed E-state index contributed by atoms with van der Waals surface area (Å²) in [7, 11) is 5.92. The number of aliphatic hydroxyl groups excluding tert-OH is 1. The molecule has 1 amide bonds. The molecule has 1 unspecified atom stereocenters. The van der Waals surface area contributed by atoms with Crippen LogP contribution in [-0.4, -0.2) is 84.7 Å². The number of hydrogen-bond acceptors (Lipinski definition) is 4. The molecule has 1 aliphatic heterocycles. The van der Waals surface area contributed by atoms with E-state index in [2.05, 4.69) is 18.7 Å². The van der Waals surface area contributed by atoms with Crippen molar-refractivity contribution in [1.82, 2.24) is 14.7 Å². The second-order valence-electron chi connectivity index (χ2n) is 6.03. The maximum absolute atomic E-state index is 12.5. The number of rotatable bonds is 4. The van der Waals surface area contributed by atoms with Gasteiger partial charge in [-0.05, 0) is 41.4 Å². The number of carbonyl (C=O) groups is 1. The Morgan fingerprint density at radius 1 is 1.44 bits per heavy atom. The van der Waals surface area contributed by atoms with Crippen LogP contribution in [0.3, 0.4) is 0 Å². The lowest BCUT2D eigenvalue weighted by Crippen LogP contribution is -2.54. The molecule has 5 nitrogen and oxygen atoms in total. The van der Waals surface area contributed by atoms with Gasteiger partial charge >= 0.3 is 0 Å². The van der Waals surface area contributed by atoms with Gasteiger partial charge in [-0.25, -0.2) is 0 Å². The van der Waals surface area contributed by atoms with E-state index >= 15 is 0 Å². The molecule has 0 aromatic heterocycles. The third kappa shape index (κ3) is 3.43. The van der Waals surface area contributed by atoms with Crippen LogP contribution in [0.4, 0.5) is 0 Å². The van der Waals surface area contributed by atoms with Crippen LogP contribution in [0.15, 0.2) is 0 Å². The quantitative estimate of drug-likeness (QED) is 0.761. The summed E-state index contributed by atoms with van der Waals surface area (Å²) < 4.78 is 0. The highest BCUT2D eigenvalue weighted by atomic mass is 16.3. The molecule has 0 bridgehead atoms. The second kappa shape index (κ2) is 5.99. The van der Waals surface area contributed by atoms with Crippen molar-refractivity contribution in [2.75, 3.05) is 47.4 Å². The van der Waals surface area contributed by atoms with Gasteiger partial charge in [0, 0.05) is 25.2 Å². The Kier molecular flexibility index (Phi) is 5.13. The molecule has 0 aliphatic carbocycles. The van der Waals surface area contributed by atoms with Gasteiger partial charge in [0.25, 0.3) is 0 Å². The number of carbonyl (C=O) groups excluding carboxylic acids is 1. The first-order valence-corrected chi connectivity index (χ1v) is 6.57. The number of likely N-dealkylation sites (N-methyl/N-ethyl adjacent to an activating group) is 2. The van der Waals surface area contributed by atoms with Gasteiger partial charge in [-0.15, -0.1) is 0 Å². The van der Waals surface area contributed by atoms with Crippen LogP contribution in [0.25, 0.3) is 0 Å². The largest absolute Gasteiger partial charge is 0.394 e. The third-order valence-corrected chi connectivity index (χ3v) is 3.83. The van der Waals surface area contributed by atoms with Crippen LogP contribution in [0.1, 0.15) is 20.3 Å². The van der Waals surface area contributed by atoms with Crippen LogP contribution in [0.2, 0.25) is 0 Å². The SMILES string of the molecule is CN(C)CCN1C(=O)C(CO)N(C)CCC1(C)C. The third-order valence-electron chi connectivity index (χ3n) is 3.83. The van der Waals surface area contributed by atoms with Crippen molar-refractivity contribution >= 4 is 5.91 Å².